The van der Waals surface area contributed by atoms with E-state index in [0.29, 0.717) is 11.8 Å². The molecular weight excluding hydrogens is 244 g/mol. The van der Waals surface area contributed by atoms with Gasteiger partial charge in [-0.25, -0.2) is 0 Å². The zero-order chi connectivity index (χ0) is 13.0. The highest BCUT2D eigenvalue weighted by Crippen LogP contribution is 2.49. The van der Waals surface area contributed by atoms with E-state index < -0.39 is 5.41 Å². The van der Waals surface area contributed by atoms with Gasteiger partial charge in [-0.2, -0.15) is 0 Å². The van der Waals surface area contributed by atoms with Crippen molar-refractivity contribution in [2.45, 2.75) is 57.2 Å². The lowest BCUT2D eigenvalue weighted by atomic mass is 9.75. The molecule has 1 amide bonds. The fourth-order valence-electron chi connectivity index (χ4n) is 3.44. The Balaban J connectivity index is 1.53. The molecule has 0 radical (unpaired) electrons. The van der Waals surface area contributed by atoms with Crippen molar-refractivity contribution in [2.24, 2.45) is 5.41 Å². The molecule has 5 nitrogen and oxygen atoms in total. The van der Waals surface area contributed by atoms with Crippen LogP contribution in [0.5, 0.6) is 0 Å². The first-order valence-electron chi connectivity index (χ1n) is 7.08. The standard InChI is InChI=1S/C14H18N2O3/c1-14(6-9-4-5-11(14)18-9)13(17)16-12-10(7-15-19-12)8-2-3-8/h7-9,11H,2-6H2,1H3,(H,16,17)/t9-,11+,14+/m1/s1. The molecule has 2 bridgehead atoms. The topological polar surface area (TPSA) is 64.4 Å². The monoisotopic (exact) mass is 262 g/mol. The normalized spacial score (nSPS) is 36.7. The Morgan fingerprint density at radius 3 is 2.89 bits per heavy atom. The SMILES string of the molecule is C[C@]1(C(=O)Nc2oncc2C2CC2)C[C@H]2CC[C@@H]1O2. The van der Waals surface area contributed by atoms with E-state index in [-0.39, 0.29) is 18.1 Å². The molecule has 5 heteroatoms. The van der Waals surface area contributed by atoms with E-state index in [1.54, 1.807) is 6.20 Å². The number of rotatable bonds is 3. The number of fused-ring (bicyclic) bond motifs is 2. The highest BCUT2D eigenvalue weighted by atomic mass is 16.5. The van der Waals surface area contributed by atoms with Crippen molar-refractivity contribution < 1.29 is 14.1 Å². The summed E-state index contributed by atoms with van der Waals surface area (Å²) in [6, 6.07) is 0. The molecule has 1 aliphatic carbocycles. The predicted molar refractivity (Wildman–Crippen MR) is 67.7 cm³/mol. The number of aromatic nitrogens is 1. The van der Waals surface area contributed by atoms with Crippen molar-refractivity contribution in [3.05, 3.63) is 11.8 Å². The summed E-state index contributed by atoms with van der Waals surface area (Å²) in [6.45, 7) is 2.00. The number of nitrogens with zero attached hydrogens (tertiary/aromatic N) is 1. The third kappa shape index (κ3) is 1.71. The van der Waals surface area contributed by atoms with Crippen LogP contribution in [0.1, 0.15) is 50.5 Å². The van der Waals surface area contributed by atoms with E-state index >= 15 is 0 Å². The largest absolute Gasteiger partial charge is 0.374 e. The van der Waals surface area contributed by atoms with E-state index in [1.807, 2.05) is 6.92 Å². The van der Waals surface area contributed by atoms with Crippen LogP contribution in [-0.2, 0) is 9.53 Å². The van der Waals surface area contributed by atoms with Crippen LogP contribution in [0.4, 0.5) is 5.88 Å². The summed E-state index contributed by atoms with van der Waals surface area (Å²) >= 11 is 0. The summed E-state index contributed by atoms with van der Waals surface area (Å²) in [5.41, 5.74) is 0.623. The lowest BCUT2D eigenvalue weighted by Crippen LogP contribution is -2.41. The summed E-state index contributed by atoms with van der Waals surface area (Å²) in [6.07, 6.45) is 7.26. The second-order valence-electron chi connectivity index (χ2n) is 6.28. The zero-order valence-electron chi connectivity index (χ0n) is 11.0. The van der Waals surface area contributed by atoms with E-state index in [0.717, 1.165) is 37.7 Å². The molecule has 0 aromatic carbocycles. The predicted octanol–water partition coefficient (Wildman–Crippen LogP) is 2.45. The summed E-state index contributed by atoms with van der Waals surface area (Å²) in [7, 11) is 0. The Kier molecular flexibility index (Phi) is 2.31. The quantitative estimate of drug-likeness (QED) is 0.908. The molecule has 3 atom stereocenters. The molecule has 3 fully saturated rings. The average molecular weight is 262 g/mol. The minimum absolute atomic E-state index is 0.0124. The Bertz CT molecular complexity index is 523. The second-order valence-corrected chi connectivity index (χ2v) is 6.28. The van der Waals surface area contributed by atoms with E-state index in [1.165, 1.54) is 0 Å². The van der Waals surface area contributed by atoms with Crippen molar-refractivity contribution in [3.8, 4) is 0 Å². The van der Waals surface area contributed by atoms with Gasteiger partial charge in [0.05, 0.1) is 23.8 Å². The molecule has 19 heavy (non-hydrogen) atoms. The van der Waals surface area contributed by atoms with Gasteiger partial charge in [-0.05, 0) is 44.9 Å². The molecule has 2 saturated heterocycles. The molecule has 0 spiro atoms. The van der Waals surface area contributed by atoms with Crippen molar-refractivity contribution >= 4 is 11.8 Å². The average Bonchev–Trinajstić information content (AvgIpc) is 2.84. The minimum atomic E-state index is -0.420. The zero-order valence-corrected chi connectivity index (χ0v) is 11.0. The maximum atomic E-state index is 12.5. The van der Waals surface area contributed by atoms with Gasteiger partial charge in [0.15, 0.2) is 0 Å². The number of carbonyl (C=O) groups is 1. The second kappa shape index (κ2) is 3.82. The van der Waals surface area contributed by atoms with Crippen LogP contribution in [0.25, 0.3) is 0 Å². The van der Waals surface area contributed by atoms with Gasteiger partial charge >= 0.3 is 0 Å². The van der Waals surface area contributed by atoms with Crippen LogP contribution in [0.15, 0.2) is 10.7 Å². The van der Waals surface area contributed by atoms with Crippen LogP contribution < -0.4 is 5.32 Å². The molecule has 0 unspecified atom stereocenters. The number of anilines is 1. The Hall–Kier alpha value is -1.36. The fourth-order valence-corrected chi connectivity index (χ4v) is 3.44. The molecule has 3 aliphatic rings. The third-order valence-corrected chi connectivity index (χ3v) is 4.83. The van der Waals surface area contributed by atoms with E-state index in [2.05, 4.69) is 10.5 Å². The van der Waals surface area contributed by atoms with Gasteiger partial charge in [0, 0.05) is 5.56 Å². The smallest absolute Gasteiger partial charge is 0.235 e. The van der Waals surface area contributed by atoms with Crippen molar-refractivity contribution in [1.29, 1.82) is 0 Å². The van der Waals surface area contributed by atoms with Gasteiger partial charge in [0.25, 0.3) is 0 Å². The minimum Gasteiger partial charge on any atom is -0.374 e. The number of hydrogen-bond donors (Lipinski definition) is 1. The molecule has 3 heterocycles. The molecule has 1 saturated carbocycles. The third-order valence-electron chi connectivity index (χ3n) is 4.83. The summed E-state index contributed by atoms with van der Waals surface area (Å²) in [5.74, 6) is 1.07. The van der Waals surface area contributed by atoms with Crippen molar-refractivity contribution in [1.82, 2.24) is 5.16 Å². The molecular formula is C14H18N2O3. The lowest BCUT2D eigenvalue weighted by Gasteiger charge is -2.29. The Morgan fingerprint density at radius 1 is 1.42 bits per heavy atom. The van der Waals surface area contributed by atoms with Crippen LogP contribution in [-0.4, -0.2) is 23.3 Å². The van der Waals surface area contributed by atoms with Gasteiger partial charge in [-0.15, -0.1) is 0 Å². The number of hydrogen-bond acceptors (Lipinski definition) is 4. The molecule has 2 aliphatic heterocycles. The van der Waals surface area contributed by atoms with Gasteiger partial charge in [-0.3, -0.25) is 10.1 Å². The van der Waals surface area contributed by atoms with Gasteiger partial charge in [0.1, 0.15) is 0 Å². The first-order valence-corrected chi connectivity index (χ1v) is 7.08. The molecule has 1 aromatic heterocycles. The number of ether oxygens (including phenoxy) is 1. The van der Waals surface area contributed by atoms with Crippen molar-refractivity contribution in [3.63, 3.8) is 0 Å². The van der Waals surface area contributed by atoms with Crippen LogP contribution in [0.2, 0.25) is 0 Å². The first kappa shape index (κ1) is 11.5. The van der Waals surface area contributed by atoms with Gasteiger partial charge < -0.3 is 9.26 Å². The number of carbonyl (C=O) groups excluding carboxylic acids is 1. The Morgan fingerprint density at radius 2 is 2.26 bits per heavy atom. The first-order chi connectivity index (χ1) is 9.17. The summed E-state index contributed by atoms with van der Waals surface area (Å²) in [4.78, 5) is 12.5. The number of amides is 1. The van der Waals surface area contributed by atoms with Crippen LogP contribution in [0, 0.1) is 5.41 Å². The Labute approximate surface area is 111 Å². The van der Waals surface area contributed by atoms with Crippen molar-refractivity contribution in [2.75, 3.05) is 5.32 Å². The summed E-state index contributed by atoms with van der Waals surface area (Å²) in [5, 5.41) is 6.74. The summed E-state index contributed by atoms with van der Waals surface area (Å²) < 4.78 is 11.0. The fraction of sp³-hybridized carbons (Fsp3) is 0.714. The van der Waals surface area contributed by atoms with Crippen LogP contribution in [0.3, 0.4) is 0 Å². The molecule has 1 N–H and O–H groups in total. The van der Waals surface area contributed by atoms with Gasteiger partial charge in [-0.1, -0.05) is 5.16 Å². The lowest BCUT2D eigenvalue weighted by molar-refractivity contribution is -0.127. The molecule has 1 aromatic rings. The molecule has 102 valence electrons. The highest BCUT2D eigenvalue weighted by molar-refractivity contribution is 5.95. The maximum absolute atomic E-state index is 12.5. The maximum Gasteiger partial charge on any atom is 0.235 e. The molecule has 4 rings (SSSR count). The van der Waals surface area contributed by atoms with Crippen LogP contribution >= 0.6 is 0 Å². The van der Waals surface area contributed by atoms with E-state index in [9.17, 15) is 4.79 Å². The van der Waals surface area contributed by atoms with E-state index in [4.69, 9.17) is 9.26 Å². The van der Waals surface area contributed by atoms with Gasteiger partial charge in [0.2, 0.25) is 11.8 Å². The highest BCUT2D eigenvalue weighted by Gasteiger charge is 2.54. The number of nitrogens with one attached hydrogen (secondary N) is 1.